The fourth-order valence-corrected chi connectivity index (χ4v) is 2.80. The lowest BCUT2D eigenvalue weighted by atomic mass is 9.66. The van der Waals surface area contributed by atoms with Crippen molar-refractivity contribution >= 4 is 30.5 Å². The minimum atomic E-state index is -0.717. The summed E-state index contributed by atoms with van der Waals surface area (Å²) >= 11 is 6.21. The summed E-state index contributed by atoms with van der Waals surface area (Å²) in [5, 5.41) is 0.173. The van der Waals surface area contributed by atoms with Crippen molar-refractivity contribution in [2.45, 2.75) is 58.1 Å². The first-order valence-electron chi connectivity index (χ1n) is 7.86. The first kappa shape index (κ1) is 19.0. The van der Waals surface area contributed by atoms with E-state index in [1.54, 1.807) is 6.92 Å². The highest BCUT2D eigenvalue weighted by Gasteiger charge is 2.55. The van der Waals surface area contributed by atoms with Crippen molar-refractivity contribution in [3.63, 3.8) is 0 Å². The quantitative estimate of drug-likeness (QED) is 0.492. The molecule has 1 aliphatic heterocycles. The molecule has 1 aromatic rings. The highest BCUT2D eigenvalue weighted by molar-refractivity contribution is 6.48. The third-order valence-electron chi connectivity index (χ3n) is 4.53. The Morgan fingerprint density at radius 3 is 2.42 bits per heavy atom. The summed E-state index contributed by atoms with van der Waals surface area (Å²) in [6.07, 6.45) is 1.27. The zero-order valence-corrected chi connectivity index (χ0v) is 15.4. The fourth-order valence-electron chi connectivity index (χ4n) is 2.52. The second kappa shape index (κ2) is 6.86. The van der Waals surface area contributed by atoms with Crippen LogP contribution in [0.1, 0.15) is 52.4 Å². The number of ether oxygens (including phenoxy) is 1. The van der Waals surface area contributed by atoms with Crippen LogP contribution in [0.25, 0.3) is 0 Å². The maximum atomic E-state index is 12.1. The molecule has 1 unspecified atom stereocenters. The second-order valence-corrected chi connectivity index (χ2v) is 7.06. The molecule has 24 heavy (non-hydrogen) atoms. The minimum absolute atomic E-state index is 0.00194. The summed E-state index contributed by atoms with van der Waals surface area (Å²) in [7, 11) is -0.717. The molecule has 0 aromatic carbocycles. The van der Waals surface area contributed by atoms with Gasteiger partial charge in [0.25, 0.3) is 0 Å². The van der Waals surface area contributed by atoms with Gasteiger partial charge in [-0.1, -0.05) is 11.6 Å². The van der Waals surface area contributed by atoms with Crippen molar-refractivity contribution < 1.29 is 18.8 Å². The average molecular weight is 356 g/mol. The molecule has 1 aliphatic rings. The first-order valence-corrected chi connectivity index (χ1v) is 8.24. The molecule has 7 nitrogen and oxygen atoms in total. The Morgan fingerprint density at radius 2 is 1.92 bits per heavy atom. The first-order chi connectivity index (χ1) is 11.1. The highest BCUT2D eigenvalue weighted by Crippen LogP contribution is 2.43. The number of esters is 1. The number of rotatable bonds is 5. The zero-order valence-electron chi connectivity index (χ0n) is 14.6. The van der Waals surface area contributed by atoms with E-state index in [2.05, 4.69) is 9.97 Å². The van der Waals surface area contributed by atoms with Crippen LogP contribution in [-0.4, -0.2) is 40.9 Å². The SMILES string of the molecule is CCOC(=O)CC(B1OC(C)(C)C(C)(C)O1)c1c(N)ncnc1Cl. The second-order valence-electron chi connectivity index (χ2n) is 6.70. The smallest absolute Gasteiger partial charge is 0.466 e. The molecule has 0 radical (unpaired) electrons. The topological polar surface area (TPSA) is 96.6 Å². The predicted molar refractivity (Wildman–Crippen MR) is 91.5 cm³/mol. The van der Waals surface area contributed by atoms with Gasteiger partial charge in [0.15, 0.2) is 0 Å². The number of nitrogens with zero attached hydrogens (tertiary/aromatic N) is 2. The monoisotopic (exact) mass is 355 g/mol. The van der Waals surface area contributed by atoms with E-state index >= 15 is 0 Å². The fraction of sp³-hybridized carbons (Fsp3) is 0.667. The summed E-state index contributed by atoms with van der Waals surface area (Å²) in [6.45, 7) is 9.75. The maximum Gasteiger partial charge on any atom is 0.466 e. The van der Waals surface area contributed by atoms with Gasteiger partial charge in [-0.2, -0.15) is 0 Å². The Morgan fingerprint density at radius 1 is 1.33 bits per heavy atom. The Hall–Kier alpha value is -1.38. The predicted octanol–water partition coefficient (Wildman–Crippen LogP) is 2.38. The van der Waals surface area contributed by atoms with Gasteiger partial charge in [-0.25, -0.2) is 9.97 Å². The minimum Gasteiger partial charge on any atom is -0.466 e. The molecule has 1 fully saturated rings. The van der Waals surface area contributed by atoms with E-state index in [0.29, 0.717) is 5.56 Å². The lowest BCUT2D eigenvalue weighted by Gasteiger charge is -2.32. The number of nitrogen functional groups attached to an aromatic ring is 1. The van der Waals surface area contributed by atoms with Gasteiger partial charge in [0, 0.05) is 11.4 Å². The third-order valence-corrected chi connectivity index (χ3v) is 4.83. The number of nitrogens with two attached hydrogens (primary N) is 1. The van der Waals surface area contributed by atoms with Gasteiger partial charge < -0.3 is 19.8 Å². The highest BCUT2D eigenvalue weighted by atomic mass is 35.5. The van der Waals surface area contributed by atoms with E-state index in [1.165, 1.54) is 6.33 Å². The average Bonchev–Trinajstić information content (AvgIpc) is 2.66. The van der Waals surface area contributed by atoms with Crippen molar-refractivity contribution in [3.8, 4) is 0 Å². The van der Waals surface area contributed by atoms with Gasteiger partial charge in [-0.3, -0.25) is 4.79 Å². The molecule has 0 aliphatic carbocycles. The molecule has 2 N–H and O–H groups in total. The van der Waals surface area contributed by atoms with Crippen molar-refractivity contribution in [2.75, 3.05) is 12.3 Å². The van der Waals surface area contributed by atoms with Crippen LogP contribution in [0.2, 0.25) is 5.15 Å². The summed E-state index contributed by atoms with van der Waals surface area (Å²) in [4.78, 5) is 20.0. The van der Waals surface area contributed by atoms with Gasteiger partial charge in [-0.05, 0) is 34.6 Å². The number of anilines is 1. The Bertz CT molecular complexity index is 590. The van der Waals surface area contributed by atoms with Crippen molar-refractivity contribution in [1.82, 2.24) is 9.97 Å². The van der Waals surface area contributed by atoms with Gasteiger partial charge in [0.1, 0.15) is 17.3 Å². The molecule has 0 saturated carbocycles. The third kappa shape index (κ3) is 3.65. The summed E-state index contributed by atoms with van der Waals surface area (Å²) in [6, 6.07) is 0. The number of carbonyl (C=O) groups is 1. The van der Waals surface area contributed by atoms with E-state index in [0.717, 1.165) is 0 Å². The lowest BCUT2D eigenvalue weighted by molar-refractivity contribution is -0.143. The summed E-state index contributed by atoms with van der Waals surface area (Å²) in [5.74, 6) is -0.769. The molecule has 0 amide bonds. The summed E-state index contributed by atoms with van der Waals surface area (Å²) in [5.41, 5.74) is 5.30. The summed E-state index contributed by atoms with van der Waals surface area (Å²) < 4.78 is 17.2. The largest absolute Gasteiger partial charge is 0.466 e. The number of hydrogen-bond donors (Lipinski definition) is 1. The molecule has 0 bridgehead atoms. The standard InChI is InChI=1S/C15H23BClN3O4/c1-6-22-10(21)7-9(11-12(17)19-8-20-13(11)18)16-23-14(2,3)15(4,5)24-16/h8-9H,6-7H2,1-5H3,(H2,18,19,20). The van der Waals surface area contributed by atoms with E-state index in [9.17, 15) is 4.79 Å². The molecule has 132 valence electrons. The van der Waals surface area contributed by atoms with E-state index in [-0.39, 0.29) is 24.0 Å². The molecule has 1 aromatic heterocycles. The van der Waals surface area contributed by atoms with E-state index in [1.807, 2.05) is 27.7 Å². The zero-order chi connectivity index (χ0) is 18.1. The number of hydrogen-bond acceptors (Lipinski definition) is 7. The molecule has 0 spiro atoms. The van der Waals surface area contributed by atoms with Crippen molar-refractivity contribution in [1.29, 1.82) is 0 Å². The van der Waals surface area contributed by atoms with Gasteiger partial charge >= 0.3 is 13.1 Å². The van der Waals surface area contributed by atoms with E-state index in [4.69, 9.17) is 31.4 Å². The normalized spacial score (nSPS) is 20.0. The molecule has 1 saturated heterocycles. The van der Waals surface area contributed by atoms with Gasteiger partial charge in [0.05, 0.1) is 24.2 Å². The van der Waals surface area contributed by atoms with E-state index < -0.39 is 30.1 Å². The van der Waals surface area contributed by atoms with Crippen LogP contribution in [0, 0.1) is 0 Å². The van der Waals surface area contributed by atoms with Crippen LogP contribution >= 0.6 is 11.6 Å². The lowest BCUT2D eigenvalue weighted by Crippen LogP contribution is -2.41. The van der Waals surface area contributed by atoms with Crippen molar-refractivity contribution in [2.24, 2.45) is 0 Å². The molecular formula is C15H23BClN3O4. The van der Waals surface area contributed by atoms with Crippen LogP contribution in [-0.2, 0) is 18.8 Å². The van der Waals surface area contributed by atoms with Gasteiger partial charge in [-0.15, -0.1) is 0 Å². The Labute approximate surface area is 147 Å². The maximum absolute atomic E-state index is 12.1. The molecule has 2 heterocycles. The number of aromatic nitrogens is 2. The number of halogens is 1. The van der Waals surface area contributed by atoms with Crippen LogP contribution < -0.4 is 5.73 Å². The molecule has 9 heteroatoms. The molecule has 1 atom stereocenters. The van der Waals surface area contributed by atoms with Gasteiger partial charge in [0.2, 0.25) is 0 Å². The molecular weight excluding hydrogens is 332 g/mol. The molecule has 2 rings (SSSR count). The van der Waals surface area contributed by atoms with Crippen LogP contribution in [0.3, 0.4) is 0 Å². The van der Waals surface area contributed by atoms with Crippen LogP contribution in [0.4, 0.5) is 5.82 Å². The van der Waals surface area contributed by atoms with Crippen molar-refractivity contribution in [3.05, 3.63) is 17.0 Å². The Kier molecular flexibility index (Phi) is 5.42. The van der Waals surface area contributed by atoms with Crippen LogP contribution in [0.5, 0.6) is 0 Å². The van der Waals surface area contributed by atoms with Crippen LogP contribution in [0.15, 0.2) is 6.33 Å². The number of carbonyl (C=O) groups excluding carboxylic acids is 1. The Balaban J connectivity index is 2.40.